The summed E-state index contributed by atoms with van der Waals surface area (Å²) in [7, 11) is 1.99. The van der Waals surface area contributed by atoms with Crippen LogP contribution >= 0.6 is 0 Å². The molecule has 1 unspecified atom stereocenters. The van der Waals surface area contributed by atoms with Crippen LogP contribution in [0.2, 0.25) is 4.71 Å². The van der Waals surface area contributed by atoms with E-state index in [1.54, 1.807) is 16.9 Å². The van der Waals surface area contributed by atoms with E-state index >= 15 is 0 Å². The number of nitrogens with one attached hydrogen (secondary N) is 2. The molecule has 2 atom stereocenters. The number of aryl methyl sites for hydroxylation is 1. The molecule has 0 aliphatic rings. The van der Waals surface area contributed by atoms with E-state index in [0.717, 1.165) is 29.6 Å². The Labute approximate surface area is 173 Å². The number of amides is 1. The molecule has 0 saturated carbocycles. The topological polar surface area (TPSA) is 97.9 Å². The molecule has 0 spiro atoms. The van der Waals surface area contributed by atoms with Crippen LogP contribution in [0.5, 0.6) is 0 Å². The number of aromatic nitrogens is 3. The molecule has 4 N–H and O–H groups in total. The van der Waals surface area contributed by atoms with E-state index < -0.39 is 5.91 Å². The van der Waals surface area contributed by atoms with Gasteiger partial charge in [0.1, 0.15) is 0 Å². The van der Waals surface area contributed by atoms with E-state index in [4.69, 9.17) is 5.73 Å². The van der Waals surface area contributed by atoms with Gasteiger partial charge in [0.05, 0.1) is 0 Å². The SMILES string of the molecule is CC(C)C[C@H]([AsH2])CNc1ncc(C(N)=O)c(Nc2cccc3c2ccn3C)n1. The molecular formula is C20H27AsN6O. The molecule has 0 bridgehead atoms. The number of carbonyl (C=O) groups is 1. The van der Waals surface area contributed by atoms with Gasteiger partial charge in [0.2, 0.25) is 0 Å². The summed E-state index contributed by atoms with van der Waals surface area (Å²) in [5.74, 6) is 0.980. The van der Waals surface area contributed by atoms with E-state index in [1.165, 1.54) is 6.20 Å². The first-order valence-corrected chi connectivity index (χ1v) is 10.7. The van der Waals surface area contributed by atoms with Crippen molar-refractivity contribution >= 4 is 51.1 Å². The molecule has 2 heterocycles. The second-order valence-corrected chi connectivity index (χ2v) is 9.36. The Morgan fingerprint density at radius 2 is 2.11 bits per heavy atom. The minimum absolute atomic E-state index is 0.262. The Balaban J connectivity index is 1.86. The van der Waals surface area contributed by atoms with Crippen LogP contribution in [-0.4, -0.2) is 43.8 Å². The Hall–Kier alpha value is -2.53. The van der Waals surface area contributed by atoms with Crippen LogP contribution in [0, 0.1) is 5.92 Å². The number of fused-ring (bicyclic) bond motifs is 1. The molecule has 148 valence electrons. The van der Waals surface area contributed by atoms with Gasteiger partial charge in [0, 0.05) is 0 Å². The third-order valence-electron chi connectivity index (χ3n) is 4.53. The summed E-state index contributed by atoms with van der Waals surface area (Å²) in [5, 5.41) is 7.59. The van der Waals surface area contributed by atoms with Crippen molar-refractivity contribution in [2.45, 2.75) is 25.0 Å². The number of anilines is 3. The second kappa shape index (κ2) is 8.65. The average molecular weight is 442 g/mol. The molecule has 0 aliphatic heterocycles. The zero-order valence-corrected chi connectivity index (χ0v) is 18.9. The van der Waals surface area contributed by atoms with E-state index in [0.29, 0.717) is 22.4 Å². The molecule has 28 heavy (non-hydrogen) atoms. The first-order valence-electron chi connectivity index (χ1n) is 9.32. The third kappa shape index (κ3) is 4.65. The van der Waals surface area contributed by atoms with E-state index in [9.17, 15) is 4.79 Å². The zero-order chi connectivity index (χ0) is 20.3. The molecule has 0 aliphatic carbocycles. The molecule has 1 aromatic carbocycles. The van der Waals surface area contributed by atoms with Gasteiger partial charge in [-0.25, -0.2) is 0 Å². The molecule has 7 nitrogen and oxygen atoms in total. The number of benzene rings is 1. The summed E-state index contributed by atoms with van der Waals surface area (Å²) in [4.78, 5) is 20.6. The van der Waals surface area contributed by atoms with Crippen LogP contribution < -0.4 is 16.4 Å². The van der Waals surface area contributed by atoms with E-state index in [1.807, 2.05) is 42.1 Å². The number of hydrogen-bond acceptors (Lipinski definition) is 5. The van der Waals surface area contributed by atoms with Crippen molar-refractivity contribution in [2.24, 2.45) is 18.7 Å². The van der Waals surface area contributed by atoms with Crippen LogP contribution in [-0.2, 0) is 7.05 Å². The summed E-state index contributed by atoms with van der Waals surface area (Å²) < 4.78 is 2.60. The predicted molar refractivity (Wildman–Crippen MR) is 117 cm³/mol. The molecule has 8 heteroatoms. The van der Waals surface area contributed by atoms with E-state index in [2.05, 4.69) is 34.4 Å². The van der Waals surface area contributed by atoms with Crippen molar-refractivity contribution in [1.82, 2.24) is 14.5 Å². The fraction of sp³-hybridized carbons (Fsp3) is 0.350. The first-order chi connectivity index (χ1) is 13.3. The van der Waals surface area contributed by atoms with Gasteiger partial charge in [0.15, 0.2) is 0 Å². The molecule has 2 aromatic heterocycles. The maximum atomic E-state index is 11.9. The van der Waals surface area contributed by atoms with Crippen molar-refractivity contribution in [1.29, 1.82) is 0 Å². The summed E-state index contributed by atoms with van der Waals surface area (Å²) >= 11 is 1.70. The summed E-state index contributed by atoms with van der Waals surface area (Å²) in [6.07, 6.45) is 4.62. The zero-order valence-electron chi connectivity index (χ0n) is 16.4. The first kappa shape index (κ1) is 20.2. The van der Waals surface area contributed by atoms with Crippen LogP contribution in [0.15, 0.2) is 36.7 Å². The fourth-order valence-corrected chi connectivity index (χ4v) is 4.58. The quantitative estimate of drug-likeness (QED) is 0.466. The van der Waals surface area contributed by atoms with Gasteiger partial charge in [-0.1, -0.05) is 0 Å². The average Bonchev–Trinajstić information content (AvgIpc) is 3.02. The standard InChI is InChI=1S/C20H27AsN6O/c1-12(2)9-13(21)10-23-20-24-11-15(18(22)28)19(26-20)25-16-5-4-6-17-14(16)7-8-27(17)3/h4-8,11-13H,9-10,21H2,1-3H3,(H2,22,28)(H2,23,24,25,26)/t13-/m0/s1. The maximum absolute atomic E-state index is 11.9. The normalized spacial score (nSPS) is 12.3. The number of carbonyl (C=O) groups excluding carboxylic acids is 1. The molecule has 0 radical (unpaired) electrons. The van der Waals surface area contributed by atoms with Crippen molar-refractivity contribution in [3.05, 3.63) is 42.2 Å². The monoisotopic (exact) mass is 442 g/mol. The van der Waals surface area contributed by atoms with Gasteiger partial charge in [-0.15, -0.1) is 0 Å². The molecule has 0 saturated heterocycles. The van der Waals surface area contributed by atoms with E-state index in [-0.39, 0.29) is 5.56 Å². The molecule has 3 rings (SSSR count). The van der Waals surface area contributed by atoms with Crippen LogP contribution in [0.4, 0.5) is 17.5 Å². The van der Waals surface area contributed by atoms with Crippen molar-refractivity contribution in [2.75, 3.05) is 17.2 Å². The molecule has 0 fully saturated rings. The van der Waals surface area contributed by atoms with Gasteiger partial charge in [-0.05, 0) is 0 Å². The number of primary amides is 1. The molecule has 3 aromatic rings. The number of hydrogen-bond donors (Lipinski definition) is 3. The number of nitrogens with zero attached hydrogens (tertiary/aromatic N) is 3. The number of nitrogens with two attached hydrogens (primary N) is 1. The Bertz CT molecular complexity index is 984. The Morgan fingerprint density at radius 1 is 1.32 bits per heavy atom. The van der Waals surface area contributed by atoms with Gasteiger partial charge in [-0.3, -0.25) is 0 Å². The number of rotatable bonds is 8. The van der Waals surface area contributed by atoms with Gasteiger partial charge >= 0.3 is 174 Å². The van der Waals surface area contributed by atoms with Crippen molar-refractivity contribution in [3.8, 4) is 0 Å². The Kier molecular flexibility index (Phi) is 6.24. The van der Waals surface area contributed by atoms with Crippen molar-refractivity contribution in [3.63, 3.8) is 0 Å². The summed E-state index contributed by atoms with van der Waals surface area (Å²) in [6.45, 7) is 5.23. The van der Waals surface area contributed by atoms with Gasteiger partial charge in [0.25, 0.3) is 0 Å². The fourth-order valence-electron chi connectivity index (χ4n) is 3.19. The minimum atomic E-state index is -0.564. The van der Waals surface area contributed by atoms with Crippen LogP contribution in [0.3, 0.4) is 0 Å². The summed E-state index contributed by atoms with van der Waals surface area (Å²) in [6, 6.07) is 7.98. The molecule has 1 amide bonds. The van der Waals surface area contributed by atoms with Crippen LogP contribution in [0.1, 0.15) is 30.6 Å². The van der Waals surface area contributed by atoms with Crippen molar-refractivity contribution < 1.29 is 4.79 Å². The van der Waals surface area contributed by atoms with Crippen LogP contribution in [0.25, 0.3) is 10.9 Å². The third-order valence-corrected chi connectivity index (χ3v) is 5.60. The second-order valence-electron chi connectivity index (χ2n) is 7.38. The van der Waals surface area contributed by atoms with Gasteiger partial charge < -0.3 is 0 Å². The predicted octanol–water partition coefficient (Wildman–Crippen LogP) is 2.69. The molecular weight excluding hydrogens is 415 g/mol. The van der Waals surface area contributed by atoms with Gasteiger partial charge in [-0.2, -0.15) is 0 Å². The summed E-state index contributed by atoms with van der Waals surface area (Å²) in [5.41, 5.74) is 7.74. The Morgan fingerprint density at radius 3 is 2.82 bits per heavy atom.